The molecule has 0 aromatic carbocycles. The summed E-state index contributed by atoms with van der Waals surface area (Å²) < 4.78 is 18.5. The standard InChI is InChI=1S/C9H10GeO10/c1-4(11)7(14)19-10-17-5(12)2-9(16,8(15)20-10)3-6(13)18-10/h4,11,16H,2-3H2,1H3. The fourth-order valence-electron chi connectivity index (χ4n) is 1.58. The van der Waals surface area contributed by atoms with Gasteiger partial charge in [-0.2, -0.15) is 0 Å². The number of hydrogen-bond acceptors (Lipinski definition) is 10. The average Bonchev–Trinajstić information content (AvgIpc) is 2.38. The summed E-state index contributed by atoms with van der Waals surface area (Å²) in [5.41, 5.74) is -2.41. The topological polar surface area (TPSA) is 146 Å². The van der Waals surface area contributed by atoms with E-state index in [1.54, 1.807) is 0 Å². The van der Waals surface area contributed by atoms with Crippen molar-refractivity contribution in [2.24, 2.45) is 0 Å². The van der Waals surface area contributed by atoms with E-state index in [-0.39, 0.29) is 0 Å². The quantitative estimate of drug-likeness (QED) is 0.513. The maximum atomic E-state index is 11.7. The van der Waals surface area contributed by atoms with E-state index in [0.717, 1.165) is 6.92 Å². The van der Waals surface area contributed by atoms with E-state index in [9.17, 15) is 24.3 Å². The van der Waals surface area contributed by atoms with E-state index in [0.29, 0.717) is 0 Å². The molecule has 2 rings (SSSR count). The summed E-state index contributed by atoms with van der Waals surface area (Å²) in [5, 5.41) is 19.0. The summed E-state index contributed by atoms with van der Waals surface area (Å²) in [6, 6.07) is 0. The second-order valence-corrected chi connectivity index (χ2v) is 8.13. The molecule has 2 N–H and O–H groups in total. The molecule has 0 saturated carbocycles. The molecule has 2 heterocycles. The molecular weight excluding hydrogens is 341 g/mol. The van der Waals surface area contributed by atoms with Gasteiger partial charge in [0.05, 0.1) is 0 Å². The third kappa shape index (κ3) is 2.62. The van der Waals surface area contributed by atoms with Crippen molar-refractivity contribution < 1.29 is 44.4 Å². The zero-order chi connectivity index (χ0) is 15.1. The molecule has 1 unspecified atom stereocenters. The van der Waals surface area contributed by atoms with Gasteiger partial charge in [0.15, 0.2) is 0 Å². The van der Waals surface area contributed by atoms with Gasteiger partial charge < -0.3 is 0 Å². The molecule has 2 saturated heterocycles. The van der Waals surface area contributed by atoms with Gasteiger partial charge in [-0.25, -0.2) is 0 Å². The Hall–Kier alpha value is -1.66. The van der Waals surface area contributed by atoms with Crippen LogP contribution in [0.2, 0.25) is 0 Å². The number of aliphatic hydroxyl groups is 2. The van der Waals surface area contributed by atoms with Crippen LogP contribution in [0, 0.1) is 0 Å². The molecule has 10 nitrogen and oxygen atoms in total. The Labute approximate surface area is 115 Å². The van der Waals surface area contributed by atoms with Gasteiger partial charge in [0.2, 0.25) is 0 Å². The molecule has 2 bridgehead atoms. The van der Waals surface area contributed by atoms with Gasteiger partial charge in [-0.05, 0) is 0 Å². The van der Waals surface area contributed by atoms with Crippen LogP contribution in [0.4, 0.5) is 0 Å². The first-order chi connectivity index (χ1) is 9.16. The molecule has 2 aliphatic rings. The molecule has 20 heavy (non-hydrogen) atoms. The first kappa shape index (κ1) is 14.7. The van der Waals surface area contributed by atoms with Gasteiger partial charge in [-0.1, -0.05) is 0 Å². The second-order valence-electron chi connectivity index (χ2n) is 4.32. The van der Waals surface area contributed by atoms with Crippen LogP contribution in [0.15, 0.2) is 0 Å². The van der Waals surface area contributed by atoms with E-state index in [4.69, 9.17) is 5.11 Å². The summed E-state index contributed by atoms with van der Waals surface area (Å²) in [6.45, 7) is 1.05. The molecule has 110 valence electrons. The molecule has 0 spiro atoms. The SMILES string of the molecule is CC(O)C(=O)[O][Ge]12[O]C(=O)CC(O)(CC(=O)[O]1)C(=O)[O]2. The van der Waals surface area contributed by atoms with Gasteiger partial charge in [0, 0.05) is 0 Å². The van der Waals surface area contributed by atoms with Crippen LogP contribution in [0.3, 0.4) is 0 Å². The molecule has 0 amide bonds. The van der Waals surface area contributed by atoms with Crippen LogP contribution in [0.5, 0.6) is 0 Å². The van der Waals surface area contributed by atoms with E-state index in [2.05, 4.69) is 15.1 Å². The fourth-order valence-corrected chi connectivity index (χ4v) is 5.32. The van der Waals surface area contributed by atoms with Crippen molar-refractivity contribution in [2.75, 3.05) is 0 Å². The van der Waals surface area contributed by atoms with Crippen molar-refractivity contribution in [1.29, 1.82) is 0 Å². The molecule has 11 heteroatoms. The van der Waals surface area contributed by atoms with Gasteiger partial charge in [-0.15, -0.1) is 0 Å². The molecule has 2 aliphatic heterocycles. The molecule has 0 aromatic rings. The summed E-state index contributed by atoms with van der Waals surface area (Å²) in [7, 11) is 0. The Kier molecular flexibility index (Phi) is 3.48. The van der Waals surface area contributed by atoms with Gasteiger partial charge in [0.1, 0.15) is 0 Å². The van der Waals surface area contributed by atoms with Crippen molar-refractivity contribution in [1.82, 2.24) is 0 Å². The van der Waals surface area contributed by atoms with Gasteiger partial charge in [-0.3, -0.25) is 0 Å². The number of rotatable bonds is 2. The minimum absolute atomic E-state index is 0.819. The Bertz CT molecular complexity index is 477. The number of hydrogen-bond donors (Lipinski definition) is 2. The Morgan fingerprint density at radius 1 is 1.25 bits per heavy atom. The Balaban J connectivity index is 2.39. The second kappa shape index (κ2) is 4.72. The Morgan fingerprint density at radius 2 is 1.75 bits per heavy atom. The maximum absolute atomic E-state index is 11.7. The normalized spacial score (nSPS) is 34.2. The predicted octanol–water partition coefficient (Wildman–Crippen LogP) is -2.49. The molecule has 1 atom stereocenters. The van der Waals surface area contributed by atoms with Crippen molar-refractivity contribution >= 4 is 38.5 Å². The van der Waals surface area contributed by atoms with Crippen LogP contribution < -0.4 is 0 Å². The van der Waals surface area contributed by atoms with Crippen LogP contribution in [0.25, 0.3) is 0 Å². The van der Waals surface area contributed by atoms with Crippen LogP contribution in [-0.2, 0) is 34.2 Å². The average molecular weight is 351 g/mol. The molecule has 0 aromatic heterocycles. The van der Waals surface area contributed by atoms with Crippen molar-refractivity contribution in [2.45, 2.75) is 31.5 Å². The summed E-state index contributed by atoms with van der Waals surface area (Å²) in [5.74, 6) is -4.84. The van der Waals surface area contributed by atoms with E-state index < -0.39 is 63.0 Å². The molecule has 0 aliphatic carbocycles. The first-order valence-corrected chi connectivity index (χ1v) is 8.89. The Morgan fingerprint density at radius 3 is 2.20 bits per heavy atom. The zero-order valence-corrected chi connectivity index (χ0v) is 12.3. The summed E-state index contributed by atoms with van der Waals surface area (Å²) in [6.07, 6.45) is -3.25. The van der Waals surface area contributed by atoms with Crippen LogP contribution in [0.1, 0.15) is 19.8 Å². The summed E-state index contributed by atoms with van der Waals surface area (Å²) in [4.78, 5) is 46.1. The number of fused-ring (bicyclic) bond motifs is 3. The first-order valence-electron chi connectivity index (χ1n) is 5.46. The number of aliphatic hydroxyl groups excluding tert-OH is 1. The van der Waals surface area contributed by atoms with Crippen molar-refractivity contribution in [3.8, 4) is 0 Å². The fraction of sp³-hybridized carbons (Fsp3) is 0.556. The minimum atomic E-state index is -5.37. The van der Waals surface area contributed by atoms with Crippen molar-refractivity contribution in [3.63, 3.8) is 0 Å². The molecule has 0 radical (unpaired) electrons. The third-order valence-corrected chi connectivity index (χ3v) is 6.38. The molecular formula is C9H10GeO10. The van der Waals surface area contributed by atoms with Crippen LogP contribution >= 0.6 is 0 Å². The number of carbonyl (C=O) groups is 4. The van der Waals surface area contributed by atoms with Crippen molar-refractivity contribution in [3.05, 3.63) is 0 Å². The van der Waals surface area contributed by atoms with E-state index >= 15 is 0 Å². The monoisotopic (exact) mass is 352 g/mol. The third-order valence-electron chi connectivity index (χ3n) is 2.52. The van der Waals surface area contributed by atoms with E-state index in [1.165, 1.54) is 0 Å². The van der Waals surface area contributed by atoms with E-state index in [1.807, 2.05) is 0 Å². The summed E-state index contributed by atoms with van der Waals surface area (Å²) >= 11 is -5.37. The predicted molar refractivity (Wildman–Crippen MR) is 56.0 cm³/mol. The zero-order valence-electron chi connectivity index (χ0n) is 10.2. The van der Waals surface area contributed by atoms with Gasteiger partial charge in [0.25, 0.3) is 0 Å². The molecule has 2 fully saturated rings. The van der Waals surface area contributed by atoms with Gasteiger partial charge >= 0.3 is 114 Å². The number of carbonyl (C=O) groups excluding carboxylic acids is 4. The van der Waals surface area contributed by atoms with Crippen LogP contribution in [-0.4, -0.2) is 60.4 Å².